The van der Waals surface area contributed by atoms with Gasteiger partial charge in [-0.05, 0) is 0 Å². The monoisotopic (exact) mass is 147 g/mol. The SMILES string of the molecule is O=C(O)C1CC(O)CN1O. The topological polar surface area (TPSA) is 81.0 Å². The second-order valence-corrected chi connectivity index (χ2v) is 2.37. The van der Waals surface area contributed by atoms with Crippen LogP contribution in [0.2, 0.25) is 0 Å². The molecular weight excluding hydrogens is 138 g/mol. The number of nitrogens with zero attached hydrogens (tertiary/aromatic N) is 1. The predicted octanol–water partition coefficient (Wildman–Crippen LogP) is -1.10. The molecule has 0 bridgehead atoms. The molecule has 5 nitrogen and oxygen atoms in total. The molecule has 0 aromatic heterocycles. The maximum Gasteiger partial charge on any atom is 0.323 e. The Morgan fingerprint density at radius 2 is 2.20 bits per heavy atom. The van der Waals surface area contributed by atoms with Crippen LogP contribution in [0.4, 0.5) is 0 Å². The molecule has 1 aliphatic rings. The predicted molar refractivity (Wildman–Crippen MR) is 30.5 cm³/mol. The molecule has 3 N–H and O–H groups in total. The van der Waals surface area contributed by atoms with Crippen molar-refractivity contribution >= 4 is 5.97 Å². The maximum atomic E-state index is 10.2. The van der Waals surface area contributed by atoms with Crippen LogP contribution in [-0.4, -0.2) is 45.1 Å². The third-order valence-corrected chi connectivity index (χ3v) is 1.54. The summed E-state index contributed by atoms with van der Waals surface area (Å²) in [4.78, 5) is 10.2. The molecular formula is C5H9NO4. The summed E-state index contributed by atoms with van der Waals surface area (Å²) in [6.07, 6.45) is -0.614. The van der Waals surface area contributed by atoms with Crippen LogP contribution in [-0.2, 0) is 4.79 Å². The molecule has 0 spiro atoms. The van der Waals surface area contributed by atoms with Crippen LogP contribution >= 0.6 is 0 Å². The van der Waals surface area contributed by atoms with E-state index in [4.69, 9.17) is 15.4 Å². The van der Waals surface area contributed by atoms with E-state index in [0.717, 1.165) is 0 Å². The van der Waals surface area contributed by atoms with Crippen LogP contribution < -0.4 is 0 Å². The van der Waals surface area contributed by atoms with Gasteiger partial charge in [0.1, 0.15) is 6.04 Å². The van der Waals surface area contributed by atoms with E-state index < -0.39 is 18.1 Å². The third-order valence-electron chi connectivity index (χ3n) is 1.54. The minimum atomic E-state index is -1.10. The van der Waals surface area contributed by atoms with Crippen molar-refractivity contribution in [2.24, 2.45) is 0 Å². The molecule has 0 saturated carbocycles. The normalized spacial score (nSPS) is 34.6. The van der Waals surface area contributed by atoms with Crippen molar-refractivity contribution in [3.63, 3.8) is 0 Å². The Balaban J connectivity index is 2.54. The van der Waals surface area contributed by atoms with Crippen molar-refractivity contribution in [1.29, 1.82) is 0 Å². The second kappa shape index (κ2) is 2.53. The highest BCUT2D eigenvalue weighted by atomic mass is 16.5. The molecule has 0 aromatic rings. The van der Waals surface area contributed by atoms with Crippen LogP contribution in [0.25, 0.3) is 0 Å². The highest BCUT2D eigenvalue weighted by Gasteiger charge is 2.34. The lowest BCUT2D eigenvalue weighted by atomic mass is 10.2. The molecule has 0 aliphatic carbocycles. The number of carboxylic acids is 1. The number of carbonyl (C=O) groups is 1. The molecule has 0 amide bonds. The standard InChI is InChI=1S/C5H9NO4/c7-3-1-4(5(8)9)6(10)2-3/h3-4,7,10H,1-2H2,(H,8,9). The summed E-state index contributed by atoms with van der Waals surface area (Å²) in [6, 6.07) is -0.935. The fourth-order valence-corrected chi connectivity index (χ4v) is 1.03. The number of aliphatic carboxylic acids is 1. The van der Waals surface area contributed by atoms with Crippen molar-refractivity contribution < 1.29 is 20.2 Å². The van der Waals surface area contributed by atoms with Crippen molar-refractivity contribution in [3.05, 3.63) is 0 Å². The number of aliphatic hydroxyl groups is 1. The fourth-order valence-electron chi connectivity index (χ4n) is 1.03. The van der Waals surface area contributed by atoms with Crippen LogP contribution in [0.3, 0.4) is 0 Å². The molecule has 0 aromatic carbocycles. The highest BCUT2D eigenvalue weighted by molar-refractivity contribution is 5.73. The van der Waals surface area contributed by atoms with E-state index >= 15 is 0 Å². The van der Waals surface area contributed by atoms with E-state index in [1.807, 2.05) is 0 Å². The van der Waals surface area contributed by atoms with E-state index in [2.05, 4.69) is 0 Å². The summed E-state index contributed by atoms with van der Waals surface area (Å²) in [5.41, 5.74) is 0. The van der Waals surface area contributed by atoms with Gasteiger partial charge in [-0.25, -0.2) is 0 Å². The molecule has 5 heteroatoms. The van der Waals surface area contributed by atoms with Gasteiger partial charge in [0.2, 0.25) is 0 Å². The van der Waals surface area contributed by atoms with Gasteiger partial charge in [0, 0.05) is 6.42 Å². The van der Waals surface area contributed by atoms with Crippen molar-refractivity contribution in [3.8, 4) is 0 Å². The van der Waals surface area contributed by atoms with E-state index in [1.165, 1.54) is 0 Å². The Labute approximate surface area is 57.5 Å². The van der Waals surface area contributed by atoms with Crippen LogP contribution in [0.15, 0.2) is 0 Å². The second-order valence-electron chi connectivity index (χ2n) is 2.37. The lowest BCUT2D eigenvalue weighted by Gasteiger charge is -2.10. The molecule has 10 heavy (non-hydrogen) atoms. The van der Waals surface area contributed by atoms with E-state index in [1.54, 1.807) is 0 Å². The zero-order valence-electron chi connectivity index (χ0n) is 5.27. The maximum absolute atomic E-state index is 10.2. The summed E-state index contributed by atoms with van der Waals surface area (Å²) < 4.78 is 0. The molecule has 0 radical (unpaired) electrons. The Morgan fingerprint density at radius 3 is 2.40 bits per heavy atom. The average molecular weight is 147 g/mol. The number of hydrogen-bond donors (Lipinski definition) is 3. The Kier molecular flexibility index (Phi) is 1.89. The number of β-amino-alcohol motifs (C(OH)–C–C–N with tert-alkyl or cyclic N) is 1. The number of carboxylic acid groups (broad SMARTS) is 1. The lowest BCUT2D eigenvalue weighted by molar-refractivity contribution is -0.161. The molecule has 1 saturated heterocycles. The van der Waals surface area contributed by atoms with Gasteiger partial charge in [-0.3, -0.25) is 4.79 Å². The largest absolute Gasteiger partial charge is 0.480 e. The first-order valence-corrected chi connectivity index (χ1v) is 2.97. The summed E-state index contributed by atoms with van der Waals surface area (Å²) in [7, 11) is 0. The van der Waals surface area contributed by atoms with Crippen LogP contribution in [0.5, 0.6) is 0 Å². The van der Waals surface area contributed by atoms with Crippen molar-refractivity contribution in [1.82, 2.24) is 5.06 Å². The molecule has 58 valence electrons. The summed E-state index contributed by atoms with van der Waals surface area (Å²) in [5, 5.41) is 26.7. The molecule has 1 heterocycles. The van der Waals surface area contributed by atoms with Gasteiger partial charge in [-0.2, -0.15) is 5.06 Å². The van der Waals surface area contributed by atoms with Crippen molar-refractivity contribution in [2.45, 2.75) is 18.6 Å². The molecule has 2 atom stereocenters. The summed E-state index contributed by atoms with van der Waals surface area (Å²) in [6.45, 7) is 0.0248. The minimum Gasteiger partial charge on any atom is -0.480 e. The number of hydrogen-bond acceptors (Lipinski definition) is 4. The van der Waals surface area contributed by atoms with Gasteiger partial charge < -0.3 is 15.4 Å². The Morgan fingerprint density at radius 1 is 1.60 bits per heavy atom. The van der Waals surface area contributed by atoms with E-state index in [0.29, 0.717) is 5.06 Å². The number of hydroxylamine groups is 2. The zero-order chi connectivity index (χ0) is 7.72. The first-order chi connectivity index (χ1) is 4.61. The van der Waals surface area contributed by atoms with Gasteiger partial charge in [0.25, 0.3) is 0 Å². The molecule has 2 unspecified atom stereocenters. The number of rotatable bonds is 1. The average Bonchev–Trinajstić information content (AvgIpc) is 2.10. The zero-order valence-corrected chi connectivity index (χ0v) is 5.27. The van der Waals surface area contributed by atoms with Crippen LogP contribution in [0.1, 0.15) is 6.42 Å². The summed E-state index contributed by atoms with van der Waals surface area (Å²) >= 11 is 0. The first-order valence-electron chi connectivity index (χ1n) is 2.97. The Hall–Kier alpha value is -0.650. The lowest BCUT2D eigenvalue weighted by Crippen LogP contribution is -2.32. The molecule has 1 aliphatic heterocycles. The van der Waals surface area contributed by atoms with Gasteiger partial charge in [0.05, 0.1) is 12.6 Å². The van der Waals surface area contributed by atoms with E-state index in [9.17, 15) is 4.79 Å². The highest BCUT2D eigenvalue weighted by Crippen LogP contribution is 2.14. The number of aliphatic hydroxyl groups excluding tert-OH is 1. The van der Waals surface area contributed by atoms with Gasteiger partial charge in [-0.15, -0.1) is 0 Å². The third kappa shape index (κ3) is 1.26. The fraction of sp³-hybridized carbons (Fsp3) is 0.800. The molecule has 1 rings (SSSR count). The Bertz CT molecular complexity index is 149. The summed E-state index contributed by atoms with van der Waals surface area (Å²) in [5.74, 6) is -1.10. The molecule has 1 fully saturated rings. The van der Waals surface area contributed by atoms with Gasteiger partial charge in [0.15, 0.2) is 0 Å². The minimum absolute atomic E-state index is 0.0248. The smallest absolute Gasteiger partial charge is 0.323 e. The van der Waals surface area contributed by atoms with Gasteiger partial charge >= 0.3 is 5.97 Å². The first kappa shape index (κ1) is 7.46. The van der Waals surface area contributed by atoms with E-state index in [-0.39, 0.29) is 13.0 Å². The quantitative estimate of drug-likeness (QED) is 0.438. The van der Waals surface area contributed by atoms with Crippen molar-refractivity contribution in [2.75, 3.05) is 6.54 Å². The van der Waals surface area contributed by atoms with Crippen LogP contribution in [0, 0.1) is 0 Å². The van der Waals surface area contributed by atoms with Gasteiger partial charge in [-0.1, -0.05) is 0 Å².